The van der Waals surface area contributed by atoms with Crippen molar-refractivity contribution in [2.45, 2.75) is 176 Å². The molecule has 662 valence electrons. The number of hydrogen-bond donors (Lipinski definition) is 19. The number of primary amides is 1. The van der Waals surface area contributed by atoms with Crippen molar-refractivity contribution in [2.75, 3.05) is 26.7 Å². The third-order valence-electron chi connectivity index (χ3n) is 21.1. The van der Waals surface area contributed by atoms with E-state index in [1.807, 2.05) is 26.0 Å². The SMILES string of the molecule is CNC(CC(C)C)C(=O)NC1C(=O)NC(CC(N)=O)C(=O)NC(C)C(=O)NC2C(=O)NC(C(=O)NC(C(=O)NCCN)c3cc(O)cc(O)c3-c3cc2ccc3O)C(O)c2ccc(c(Cl)c2)Oc2cccc(c2OC2OC(CN=[N+]=[N-])C(O)C(O)C2OC2CC(C)(NCc3ccc(OCc4ccc(Cl)c(Cl)c4)cc3)C(O)C(C)O2)Oc2ccc(cc2Cl)C1O. The lowest BCUT2D eigenvalue weighted by atomic mass is 9.84. The monoisotopic (exact) mass is 1790 g/mol. The molecule has 10 bridgehead atoms. The largest absolute Gasteiger partial charge is 0.508 e. The van der Waals surface area contributed by atoms with Crippen LogP contribution in [-0.4, -0.2) is 200 Å². The van der Waals surface area contributed by atoms with Gasteiger partial charge >= 0.3 is 0 Å². The molecule has 6 aliphatic rings. The maximum atomic E-state index is 15.4. The van der Waals surface area contributed by atoms with Crippen LogP contribution in [0.2, 0.25) is 20.1 Å². The first-order valence-corrected chi connectivity index (χ1v) is 40.7. The molecule has 21 N–H and O–H groups in total. The zero-order valence-corrected chi connectivity index (χ0v) is 70.4. The molecular formula is C83H94Cl4N14O23. The highest BCUT2D eigenvalue weighted by molar-refractivity contribution is 6.42. The molecule has 0 aromatic heterocycles. The van der Waals surface area contributed by atoms with Gasteiger partial charge in [0.2, 0.25) is 59.3 Å². The number of benzene rings is 7. The minimum atomic E-state index is -2.27. The van der Waals surface area contributed by atoms with Gasteiger partial charge in [0.1, 0.15) is 102 Å². The first-order chi connectivity index (χ1) is 59.0. The van der Waals surface area contributed by atoms with E-state index in [0.717, 1.165) is 60.5 Å². The van der Waals surface area contributed by atoms with Crippen molar-refractivity contribution >= 4 is 93.7 Å². The molecule has 6 aliphatic heterocycles. The zero-order valence-electron chi connectivity index (χ0n) is 67.4. The van der Waals surface area contributed by atoms with Crippen LogP contribution in [0.15, 0.2) is 133 Å². The molecule has 0 spiro atoms. The summed E-state index contributed by atoms with van der Waals surface area (Å²) in [7, 11) is 1.47. The normalized spacial score (nSPS) is 25.8. The fourth-order valence-electron chi connectivity index (χ4n) is 14.5. The van der Waals surface area contributed by atoms with Gasteiger partial charge < -0.3 is 133 Å². The molecule has 37 nitrogen and oxygen atoms in total. The van der Waals surface area contributed by atoms with E-state index in [1.165, 1.54) is 49.5 Å². The Kier molecular flexibility index (Phi) is 31.1. The first kappa shape index (κ1) is 93.6. The zero-order chi connectivity index (χ0) is 89.9. The summed E-state index contributed by atoms with van der Waals surface area (Å²) in [5.74, 6) is -12.8. The van der Waals surface area contributed by atoms with E-state index >= 15 is 9.59 Å². The van der Waals surface area contributed by atoms with Gasteiger partial charge in [-0.25, -0.2) is 0 Å². The van der Waals surface area contributed by atoms with Crippen molar-refractivity contribution in [1.82, 2.24) is 47.9 Å². The average Bonchev–Trinajstić information content (AvgIpc) is 0.815. The number of aliphatic hydroxyl groups is 5. The number of aliphatic hydroxyl groups excluding tert-OH is 5. The molecule has 2 saturated heterocycles. The number of nitrogens with zero attached hydrogens (tertiary/aromatic N) is 3. The number of nitrogens with one attached hydrogen (secondary N) is 9. The van der Waals surface area contributed by atoms with Crippen molar-refractivity contribution in [2.24, 2.45) is 22.5 Å². The number of amides is 8. The number of hydrogen-bond acceptors (Lipinski definition) is 27. The van der Waals surface area contributed by atoms with E-state index in [2.05, 4.69) is 57.9 Å². The molecular weight excluding hydrogens is 1700 g/mol. The van der Waals surface area contributed by atoms with Crippen molar-refractivity contribution in [3.05, 3.63) is 191 Å². The summed E-state index contributed by atoms with van der Waals surface area (Å²) >= 11 is 26.6. The van der Waals surface area contributed by atoms with Crippen LogP contribution in [0.1, 0.15) is 112 Å². The van der Waals surface area contributed by atoms with Crippen LogP contribution in [0.5, 0.6) is 51.7 Å². The van der Waals surface area contributed by atoms with Crippen molar-refractivity contribution in [3.63, 3.8) is 0 Å². The molecule has 18 atom stereocenters. The Hall–Kier alpha value is -11.1. The Balaban J connectivity index is 1.01. The summed E-state index contributed by atoms with van der Waals surface area (Å²) in [5, 5.41) is 123. The van der Waals surface area contributed by atoms with Gasteiger partial charge in [0.25, 0.3) is 0 Å². The van der Waals surface area contributed by atoms with Crippen molar-refractivity contribution in [3.8, 4) is 62.9 Å². The summed E-state index contributed by atoms with van der Waals surface area (Å²) in [6.45, 7) is 7.47. The number of carbonyl (C=O) groups is 8. The van der Waals surface area contributed by atoms with E-state index < -0.39 is 198 Å². The van der Waals surface area contributed by atoms with Crippen LogP contribution < -0.4 is 78.3 Å². The number of ether oxygens (including phenoxy) is 7. The number of rotatable bonds is 22. The van der Waals surface area contributed by atoms with Gasteiger partial charge in [0, 0.05) is 53.7 Å². The predicted octanol–water partition coefficient (Wildman–Crippen LogP) is 5.47. The molecule has 2 fully saturated rings. The van der Waals surface area contributed by atoms with Crippen LogP contribution in [0.3, 0.4) is 0 Å². The van der Waals surface area contributed by atoms with E-state index in [1.54, 1.807) is 44.2 Å². The van der Waals surface area contributed by atoms with Crippen molar-refractivity contribution in [1.29, 1.82) is 0 Å². The fourth-order valence-corrected chi connectivity index (χ4v) is 15.3. The smallest absolute Gasteiger partial charge is 0.247 e. The average molecular weight is 1800 g/mol. The quantitative estimate of drug-likeness (QED) is 0.0227. The standard InChI is InChI=1S/C83H94Cl4N14O23/c1-36(2)24-52(91-6)76(112)99-66-68(106)42-14-20-56(50(86)27-42)120-58-8-7-9-59(72(58)124-82-73(71(109)70(108)60(122-82)34-94-101-90)123-62-32-83(5,74(110)38(4)119-62)93-33-39-10-16-45(17-11-39)118-35-40-12-18-48(84)49(85)25-40)121-57-21-15-43(28-51(57)87)69(107)67-81(117)98-65(78(114)92-23-22-88)47-29-44(102)30-55(104)63(47)46-26-41(13-19-54(46)103)64(79(115)100-67)97-75(111)37(3)95-77(113)53(31-61(89)105)96-80(66)116/h7-21,25-30,36-38,52-53,60,62,64-71,73-74,82,91,93,102-104,106-110H,22-24,31-35,88H2,1-6H3,(H2,89,105)(H,92,114)(H,95,113)(H,96,116)(H,97,111)(H,98,117)(H,99,112)(H,100,115). The van der Waals surface area contributed by atoms with Gasteiger partial charge in [-0.15, -0.1) is 0 Å². The van der Waals surface area contributed by atoms with Gasteiger partial charge in [-0.3, -0.25) is 38.4 Å². The third-order valence-corrected chi connectivity index (χ3v) is 22.4. The summed E-state index contributed by atoms with van der Waals surface area (Å²) < 4.78 is 45.2. The Morgan fingerprint density at radius 2 is 1.36 bits per heavy atom. The van der Waals surface area contributed by atoms with Crippen LogP contribution in [0, 0.1) is 5.92 Å². The molecule has 0 saturated carbocycles. The molecule has 0 radical (unpaired) electrons. The second kappa shape index (κ2) is 41.2. The number of aromatic hydroxyl groups is 3. The first-order valence-electron chi connectivity index (χ1n) is 39.1. The number of halogens is 4. The van der Waals surface area contributed by atoms with E-state index in [0.29, 0.717) is 15.8 Å². The molecule has 124 heavy (non-hydrogen) atoms. The Morgan fingerprint density at radius 1 is 0.702 bits per heavy atom. The van der Waals surface area contributed by atoms with Crippen LogP contribution in [0.25, 0.3) is 21.6 Å². The number of likely N-dealkylation sites (N-methyl/N-ethyl adjacent to an activating group) is 1. The number of azide groups is 1. The summed E-state index contributed by atoms with van der Waals surface area (Å²) in [6.07, 6.45) is -18.0. The van der Waals surface area contributed by atoms with E-state index in [-0.39, 0.29) is 106 Å². The van der Waals surface area contributed by atoms with Crippen LogP contribution in [0.4, 0.5) is 0 Å². The Labute approximate surface area is 729 Å². The van der Waals surface area contributed by atoms with E-state index in [9.17, 15) is 75.2 Å². The molecule has 7 aromatic carbocycles. The molecule has 13 rings (SSSR count). The third kappa shape index (κ3) is 22.3. The number of fused-ring (bicyclic) bond motifs is 6. The maximum absolute atomic E-state index is 15.4. The van der Waals surface area contributed by atoms with Crippen LogP contribution in [-0.2, 0) is 65.7 Å². The molecule has 41 heteroatoms. The second-order valence-corrected chi connectivity index (χ2v) is 32.3. The van der Waals surface area contributed by atoms with Gasteiger partial charge in [0.15, 0.2) is 23.9 Å². The summed E-state index contributed by atoms with van der Waals surface area (Å²) in [5.41, 5.74) is 19.5. The van der Waals surface area contributed by atoms with Gasteiger partial charge in [-0.1, -0.05) is 108 Å². The number of para-hydroxylation sites is 1. The number of nitrogens with two attached hydrogens (primary N) is 2. The molecule has 6 heterocycles. The Morgan fingerprint density at radius 3 is 1.99 bits per heavy atom. The minimum absolute atomic E-state index is 0.119. The topological polar surface area (TPSA) is 572 Å². The second-order valence-electron chi connectivity index (χ2n) is 30.7. The predicted molar refractivity (Wildman–Crippen MR) is 447 cm³/mol. The lowest BCUT2D eigenvalue weighted by Gasteiger charge is -2.48. The molecule has 7 aromatic rings. The van der Waals surface area contributed by atoms with Crippen LogP contribution >= 0.6 is 46.4 Å². The van der Waals surface area contributed by atoms with Gasteiger partial charge in [-0.05, 0) is 158 Å². The molecule has 0 aliphatic carbocycles. The van der Waals surface area contributed by atoms with Gasteiger partial charge in [0.05, 0.1) is 57.4 Å². The highest BCUT2D eigenvalue weighted by Gasteiger charge is 2.52. The van der Waals surface area contributed by atoms with E-state index in [4.69, 9.17) is 91.0 Å². The van der Waals surface area contributed by atoms with Crippen molar-refractivity contribution < 1.29 is 112 Å². The maximum Gasteiger partial charge on any atom is 0.247 e. The van der Waals surface area contributed by atoms with Gasteiger partial charge in [-0.2, -0.15) is 0 Å². The number of phenolic OH excluding ortho intramolecular Hbond substituents is 3. The highest BCUT2D eigenvalue weighted by Crippen LogP contribution is 2.49. The summed E-state index contributed by atoms with van der Waals surface area (Å²) in [4.78, 5) is 119. The lowest BCUT2D eigenvalue weighted by molar-refractivity contribution is -0.331. The minimum Gasteiger partial charge on any atom is -0.508 e. The number of phenols is 3. The Bertz CT molecular complexity index is 5180. The lowest BCUT2D eigenvalue weighted by Crippen LogP contribution is -2.65. The fraction of sp³-hybridized carbons (Fsp3) is 0.398. The highest BCUT2D eigenvalue weighted by atomic mass is 35.5. The molecule has 18 unspecified atom stereocenters. The summed E-state index contributed by atoms with van der Waals surface area (Å²) in [6, 6.07) is 15.5. The number of carbonyl (C=O) groups excluding carboxylic acids is 8. The molecule has 8 amide bonds.